The van der Waals surface area contributed by atoms with Gasteiger partial charge in [-0.1, -0.05) is 0 Å². The molecule has 0 aliphatic heterocycles. The normalized spacial score (nSPS) is 11.9. The predicted octanol–water partition coefficient (Wildman–Crippen LogP) is 3.31. The first-order chi connectivity index (χ1) is 10.2. The van der Waals surface area contributed by atoms with E-state index in [1.54, 1.807) is 18.5 Å². The van der Waals surface area contributed by atoms with Gasteiger partial charge in [-0.2, -0.15) is 4.39 Å². The van der Waals surface area contributed by atoms with Gasteiger partial charge in [-0.05, 0) is 30.3 Å². The lowest BCUT2D eigenvalue weighted by Crippen LogP contribution is -1.87. The molecular formula is C15H9FN4. The van der Waals surface area contributed by atoms with Crippen LogP contribution in [0.2, 0.25) is 0 Å². The molecule has 0 spiro atoms. The maximum absolute atomic E-state index is 13.0. The summed E-state index contributed by atoms with van der Waals surface area (Å²) >= 11 is 0. The van der Waals surface area contributed by atoms with Crippen LogP contribution in [0.5, 0.6) is 0 Å². The number of nitrogens with one attached hydrogen (secondary N) is 1. The summed E-state index contributed by atoms with van der Waals surface area (Å²) in [6, 6.07) is 6.74. The summed E-state index contributed by atoms with van der Waals surface area (Å²) in [5.41, 5.74) is 2.74. The monoisotopic (exact) mass is 266 g/mol. The third-order valence-electron chi connectivity index (χ3n) is 3.20. The Morgan fingerprint density at radius 3 is 2.95 bits per heavy atom. The van der Waals surface area contributed by atoms with Crippen molar-refractivity contribution in [3.8, 4) is 11.3 Å². The van der Waals surface area contributed by atoms with E-state index in [1.165, 1.54) is 6.20 Å². The van der Waals surface area contributed by atoms with Crippen molar-refractivity contribution >= 4 is 21.9 Å². The van der Waals surface area contributed by atoms with E-state index in [0.717, 1.165) is 22.4 Å². The molecule has 0 amide bonds. The molecule has 0 fully saturated rings. The van der Waals surface area contributed by atoms with Crippen LogP contribution in [0.25, 0.3) is 33.2 Å². The lowest BCUT2D eigenvalue weighted by Gasteiger charge is -2.00. The number of aromatic nitrogens is 4. The Morgan fingerprint density at radius 2 is 2.05 bits per heavy atom. The van der Waals surface area contributed by atoms with E-state index in [9.17, 15) is 4.39 Å². The first kappa shape index (κ1) is 10.0. The maximum atomic E-state index is 13.0. The van der Waals surface area contributed by atoms with Gasteiger partial charge in [0.1, 0.15) is 5.65 Å². The largest absolute Gasteiger partial charge is 0.339 e. The average molecular weight is 266 g/mol. The van der Waals surface area contributed by atoms with Gasteiger partial charge in [-0.25, -0.2) is 9.97 Å². The molecule has 20 heavy (non-hydrogen) atoms. The van der Waals surface area contributed by atoms with Crippen LogP contribution in [0.1, 0.15) is 1.37 Å². The van der Waals surface area contributed by atoms with E-state index in [1.807, 2.05) is 12.1 Å². The molecule has 4 nitrogen and oxygen atoms in total. The quantitative estimate of drug-likeness (QED) is 0.538. The molecule has 1 N–H and O–H groups in total. The van der Waals surface area contributed by atoms with Crippen LogP contribution in [0.15, 0.2) is 48.9 Å². The minimum atomic E-state index is -0.665. The Labute approximate surface area is 114 Å². The summed E-state index contributed by atoms with van der Waals surface area (Å²) in [6.07, 6.45) is 4.82. The first-order valence-corrected chi connectivity index (χ1v) is 6.07. The molecule has 0 aliphatic rings. The van der Waals surface area contributed by atoms with Gasteiger partial charge >= 0.3 is 0 Å². The van der Waals surface area contributed by atoms with Gasteiger partial charge in [-0.3, -0.25) is 4.98 Å². The summed E-state index contributed by atoms with van der Waals surface area (Å²) in [7, 11) is 0. The first-order valence-electron chi connectivity index (χ1n) is 6.57. The summed E-state index contributed by atoms with van der Waals surface area (Å²) in [5, 5.41) is 1.96. The maximum Gasteiger partial charge on any atom is 0.212 e. The smallest absolute Gasteiger partial charge is 0.212 e. The molecule has 0 saturated heterocycles. The number of hydrogen-bond acceptors (Lipinski definition) is 3. The zero-order valence-electron chi connectivity index (χ0n) is 11.3. The average Bonchev–Trinajstić information content (AvgIpc) is 2.84. The van der Waals surface area contributed by atoms with Crippen molar-refractivity contribution < 1.29 is 5.76 Å². The van der Waals surface area contributed by atoms with Crippen LogP contribution in [0.4, 0.5) is 4.39 Å². The standard InChI is InChI=1S/C15H9FN4/c16-14-4-1-9(7-18-14)12-3-2-10-11-8-17-6-5-13(11)20-15(10)19-12/h1-8H,(H,19,20)/i1T. The molecule has 0 unspecified atom stereocenters. The Morgan fingerprint density at radius 1 is 1.10 bits per heavy atom. The van der Waals surface area contributed by atoms with Crippen LogP contribution in [0, 0.1) is 5.95 Å². The highest BCUT2D eigenvalue weighted by molar-refractivity contribution is 6.05. The Balaban J connectivity index is 1.96. The van der Waals surface area contributed by atoms with E-state index in [4.69, 9.17) is 1.37 Å². The van der Waals surface area contributed by atoms with E-state index in [2.05, 4.69) is 19.9 Å². The van der Waals surface area contributed by atoms with Crippen LogP contribution < -0.4 is 0 Å². The minimum Gasteiger partial charge on any atom is -0.339 e. The number of aromatic amines is 1. The second-order valence-corrected chi connectivity index (χ2v) is 4.42. The highest BCUT2D eigenvalue weighted by atomic mass is 19.1. The topological polar surface area (TPSA) is 54.5 Å². The lowest BCUT2D eigenvalue weighted by atomic mass is 10.1. The molecule has 4 aromatic rings. The van der Waals surface area contributed by atoms with Crippen LogP contribution in [-0.2, 0) is 0 Å². The fourth-order valence-corrected chi connectivity index (χ4v) is 2.25. The fraction of sp³-hybridized carbons (Fsp3) is 0. The number of hydrogen-bond donors (Lipinski definition) is 1. The Hall–Kier alpha value is -2.82. The minimum absolute atomic E-state index is 0.0622. The Bertz CT molecular complexity index is 980. The van der Waals surface area contributed by atoms with Crippen molar-refractivity contribution in [3.05, 3.63) is 54.8 Å². The molecule has 0 aliphatic carbocycles. The molecular weight excluding hydrogens is 255 g/mol. The zero-order valence-corrected chi connectivity index (χ0v) is 10.3. The molecule has 0 saturated carbocycles. The van der Waals surface area contributed by atoms with Crippen molar-refractivity contribution in [2.45, 2.75) is 0 Å². The van der Waals surface area contributed by atoms with E-state index in [0.29, 0.717) is 16.9 Å². The molecule has 0 aromatic carbocycles. The summed E-state index contributed by atoms with van der Waals surface area (Å²) in [5.74, 6) is -0.665. The molecule has 96 valence electrons. The van der Waals surface area contributed by atoms with Crippen molar-refractivity contribution in [3.63, 3.8) is 0 Å². The Kier molecular flexibility index (Phi) is 2.05. The van der Waals surface area contributed by atoms with Gasteiger partial charge in [0, 0.05) is 34.9 Å². The van der Waals surface area contributed by atoms with E-state index < -0.39 is 5.95 Å². The van der Waals surface area contributed by atoms with E-state index >= 15 is 0 Å². The van der Waals surface area contributed by atoms with Gasteiger partial charge in [-0.15, -0.1) is 0 Å². The number of H-pyrrole nitrogens is 1. The van der Waals surface area contributed by atoms with Crippen LogP contribution in [0.3, 0.4) is 0 Å². The molecule has 4 heterocycles. The van der Waals surface area contributed by atoms with Crippen LogP contribution >= 0.6 is 0 Å². The zero-order chi connectivity index (χ0) is 14.4. The second-order valence-electron chi connectivity index (χ2n) is 4.42. The van der Waals surface area contributed by atoms with Gasteiger partial charge in [0.2, 0.25) is 5.95 Å². The highest BCUT2D eigenvalue weighted by Crippen LogP contribution is 2.26. The van der Waals surface area contributed by atoms with Gasteiger partial charge in [0.25, 0.3) is 0 Å². The predicted molar refractivity (Wildman–Crippen MR) is 74.6 cm³/mol. The van der Waals surface area contributed by atoms with Crippen molar-refractivity contribution in [1.29, 1.82) is 0 Å². The molecule has 5 heteroatoms. The van der Waals surface area contributed by atoms with E-state index in [-0.39, 0.29) is 6.04 Å². The van der Waals surface area contributed by atoms with Crippen molar-refractivity contribution in [2.24, 2.45) is 0 Å². The third-order valence-corrected chi connectivity index (χ3v) is 3.20. The van der Waals surface area contributed by atoms with Crippen molar-refractivity contribution in [2.75, 3.05) is 0 Å². The molecule has 4 aromatic heterocycles. The summed E-state index contributed by atoms with van der Waals surface area (Å²) in [4.78, 5) is 15.4. The molecule has 0 bridgehead atoms. The van der Waals surface area contributed by atoms with Gasteiger partial charge in [0.15, 0.2) is 0 Å². The number of nitrogens with zero attached hydrogens (tertiary/aromatic N) is 3. The summed E-state index contributed by atoms with van der Waals surface area (Å²) in [6.45, 7) is 0. The van der Waals surface area contributed by atoms with Gasteiger partial charge < -0.3 is 4.98 Å². The second kappa shape index (κ2) is 4.09. The number of pyridine rings is 3. The fourth-order valence-electron chi connectivity index (χ4n) is 2.25. The van der Waals surface area contributed by atoms with Crippen LogP contribution in [-0.4, -0.2) is 19.9 Å². The van der Waals surface area contributed by atoms with Gasteiger partial charge in [0.05, 0.1) is 12.6 Å². The number of halogens is 1. The van der Waals surface area contributed by atoms with Crippen molar-refractivity contribution in [1.82, 2.24) is 19.9 Å². The number of fused-ring (bicyclic) bond motifs is 3. The SMILES string of the molecule is [3H]c1cc(F)ncc1-c1ccc2c(n1)[nH]c1ccncc12. The third kappa shape index (κ3) is 1.64. The summed E-state index contributed by atoms with van der Waals surface area (Å²) < 4.78 is 20.8. The molecule has 0 radical (unpaired) electrons. The number of rotatable bonds is 1. The molecule has 4 rings (SSSR count). The lowest BCUT2D eigenvalue weighted by molar-refractivity contribution is 0.584. The highest BCUT2D eigenvalue weighted by Gasteiger charge is 2.07. The molecule has 0 atom stereocenters.